The summed E-state index contributed by atoms with van der Waals surface area (Å²) in [6, 6.07) is 0. The molecule has 54 valence electrons. The van der Waals surface area contributed by atoms with Crippen molar-refractivity contribution in [3.8, 4) is 0 Å². The van der Waals surface area contributed by atoms with Crippen LogP contribution in [0.1, 0.15) is 0 Å². The highest BCUT2D eigenvalue weighted by atomic mass is 79.9. The van der Waals surface area contributed by atoms with E-state index in [4.69, 9.17) is 0 Å². The Morgan fingerprint density at radius 3 is 2.00 bits per heavy atom. The first-order valence-corrected chi connectivity index (χ1v) is 9.92. The summed E-state index contributed by atoms with van der Waals surface area (Å²) in [6.07, 6.45) is 1.06. The molecule has 9 heavy (non-hydrogen) atoms. The van der Waals surface area contributed by atoms with E-state index in [1.165, 1.54) is 0 Å². The first-order valence-electron chi connectivity index (χ1n) is 2.62. The lowest BCUT2D eigenvalue weighted by Gasteiger charge is -2.13. The minimum Gasteiger partial charge on any atom is -0.338 e. The van der Waals surface area contributed by atoms with E-state index in [9.17, 15) is 0 Å². The molecule has 0 saturated carbocycles. The Morgan fingerprint density at radius 2 is 1.89 bits per heavy atom. The van der Waals surface area contributed by atoms with Crippen molar-refractivity contribution in [1.29, 1.82) is 0 Å². The van der Waals surface area contributed by atoms with Crippen molar-refractivity contribution in [2.75, 3.05) is 6.17 Å². The maximum absolute atomic E-state index is 3.64. The van der Waals surface area contributed by atoms with Gasteiger partial charge in [-0.05, 0) is 6.17 Å². The summed E-state index contributed by atoms with van der Waals surface area (Å²) in [5.41, 5.74) is 0. The van der Waals surface area contributed by atoms with Crippen LogP contribution in [-0.2, 0) is 0 Å². The summed E-state index contributed by atoms with van der Waals surface area (Å²) in [5.74, 6) is 0. The van der Waals surface area contributed by atoms with Crippen LogP contribution >= 0.6 is 46.8 Å². The van der Waals surface area contributed by atoms with E-state index < -0.39 is 6.69 Å². The maximum Gasteiger partial charge on any atom is 0.376 e. The molecule has 1 nitrogen and oxygen atoms in total. The van der Waals surface area contributed by atoms with Gasteiger partial charge in [-0.15, -0.1) is 46.8 Å². The first kappa shape index (κ1) is 10.7. The van der Waals surface area contributed by atoms with Gasteiger partial charge < -0.3 is 5.23 Å². The van der Waals surface area contributed by atoms with Crippen molar-refractivity contribution in [2.45, 2.75) is 13.1 Å². The first-order chi connectivity index (χ1) is 3.92. The highest BCUT2D eigenvalue weighted by Gasteiger charge is 2.17. The van der Waals surface area contributed by atoms with Crippen molar-refractivity contribution in [3.05, 3.63) is 0 Å². The van der Waals surface area contributed by atoms with Crippen molar-refractivity contribution in [2.24, 2.45) is 0 Å². The van der Waals surface area contributed by atoms with Crippen LogP contribution in [0.2, 0.25) is 13.1 Å². The minimum absolute atomic E-state index is 0.245. The summed E-state index contributed by atoms with van der Waals surface area (Å²) >= 11 is 10.3. The average Bonchev–Trinajstić information content (AvgIpc) is 1.59. The summed E-state index contributed by atoms with van der Waals surface area (Å²) in [4.78, 5) is 0. The van der Waals surface area contributed by atoms with Gasteiger partial charge in [-0.2, -0.15) is 0 Å². The van der Waals surface area contributed by atoms with E-state index in [0.29, 0.717) is 0 Å². The Hall–Kier alpha value is 1.68. The lowest BCUT2D eigenvalue weighted by atomic mass is 10.4. The molecular formula is C3H9BBr3NSi. The van der Waals surface area contributed by atoms with E-state index >= 15 is 0 Å². The fourth-order valence-corrected chi connectivity index (χ4v) is 2.42. The molecule has 0 aromatic rings. The van der Waals surface area contributed by atoms with E-state index in [0.717, 1.165) is 6.17 Å². The molecule has 0 rings (SSSR count). The lowest BCUT2D eigenvalue weighted by molar-refractivity contribution is 1.16. The zero-order chi connectivity index (χ0) is 7.49. The van der Waals surface area contributed by atoms with Gasteiger partial charge in [0.25, 0.3) is 0 Å². The van der Waals surface area contributed by atoms with Gasteiger partial charge >= 0.3 is 4.50 Å². The van der Waals surface area contributed by atoms with Crippen LogP contribution in [0.25, 0.3) is 0 Å². The molecule has 0 amide bonds. The zero-order valence-electron chi connectivity index (χ0n) is 5.42. The molecule has 0 aliphatic heterocycles. The van der Waals surface area contributed by atoms with E-state index in [-0.39, 0.29) is 4.50 Å². The highest BCUT2D eigenvalue weighted by Crippen LogP contribution is 2.09. The molecule has 6 heteroatoms. The Morgan fingerprint density at radius 1 is 1.44 bits per heavy atom. The van der Waals surface area contributed by atoms with Crippen molar-refractivity contribution in [1.82, 2.24) is 5.23 Å². The van der Waals surface area contributed by atoms with Crippen LogP contribution in [-0.4, -0.2) is 17.4 Å². The summed E-state index contributed by atoms with van der Waals surface area (Å²) in [5, 5.41) is 3.23. The molecule has 0 unspecified atom stereocenters. The fraction of sp³-hybridized carbons (Fsp3) is 1.00. The molecule has 0 radical (unpaired) electrons. The predicted molar refractivity (Wildman–Crippen MR) is 58.0 cm³/mol. The third-order valence-electron chi connectivity index (χ3n) is 0.677. The molecule has 0 fully saturated rings. The Balaban J connectivity index is 3.28. The van der Waals surface area contributed by atoms with Crippen LogP contribution in [0.5, 0.6) is 0 Å². The second kappa shape index (κ2) is 4.54. The fourth-order valence-electron chi connectivity index (χ4n) is 0.320. The van der Waals surface area contributed by atoms with Gasteiger partial charge in [-0.1, -0.05) is 13.1 Å². The normalized spacial score (nSPS) is 11.7. The van der Waals surface area contributed by atoms with Crippen LogP contribution in [0.15, 0.2) is 0 Å². The topological polar surface area (TPSA) is 12.0 Å². The average molecular weight is 338 g/mol. The number of rotatable bonds is 3. The molecule has 0 bridgehead atoms. The molecule has 0 aliphatic rings. The summed E-state index contributed by atoms with van der Waals surface area (Å²) in [7, 11) is 0. The third-order valence-corrected chi connectivity index (χ3v) is 3.21. The van der Waals surface area contributed by atoms with Crippen LogP contribution in [0.3, 0.4) is 0 Å². The van der Waals surface area contributed by atoms with Gasteiger partial charge in [0, 0.05) is 0 Å². The number of nitrogens with one attached hydrogen (secondary N) is 1. The monoisotopic (exact) mass is 335 g/mol. The molecular weight excluding hydrogens is 329 g/mol. The summed E-state index contributed by atoms with van der Waals surface area (Å²) in [6.45, 7) is 3.43. The van der Waals surface area contributed by atoms with Crippen LogP contribution in [0.4, 0.5) is 0 Å². The molecule has 0 heterocycles. The third kappa shape index (κ3) is 9.68. The van der Waals surface area contributed by atoms with Gasteiger partial charge in [0.2, 0.25) is 0 Å². The number of hydrogen-bond acceptors (Lipinski definition) is 1. The second-order valence-corrected chi connectivity index (χ2v) is 15.7. The van der Waals surface area contributed by atoms with E-state index in [1.54, 1.807) is 0 Å². The largest absolute Gasteiger partial charge is 0.376 e. The van der Waals surface area contributed by atoms with Gasteiger partial charge in [0.15, 0.2) is 0 Å². The smallest absolute Gasteiger partial charge is 0.338 e. The Kier molecular flexibility index (Phi) is 5.39. The highest BCUT2D eigenvalue weighted by molar-refractivity contribution is 9.49. The molecule has 0 aliphatic carbocycles. The summed E-state index contributed by atoms with van der Waals surface area (Å²) < 4.78 is 0.245. The number of hydrogen-bond donors (Lipinski definition) is 1. The van der Waals surface area contributed by atoms with Gasteiger partial charge in [-0.3, -0.25) is 0 Å². The maximum atomic E-state index is 3.64. The molecule has 0 atom stereocenters. The number of halogens is 3. The van der Waals surface area contributed by atoms with E-state index in [2.05, 4.69) is 65.1 Å². The van der Waals surface area contributed by atoms with Crippen LogP contribution < -0.4 is 5.23 Å². The zero-order valence-corrected chi connectivity index (χ0v) is 11.2. The van der Waals surface area contributed by atoms with Crippen molar-refractivity contribution in [3.63, 3.8) is 0 Å². The molecule has 1 N–H and O–H groups in total. The standard InChI is InChI=1S/C3H9BBr3NSi/c1-9(2,7)3-8-4(5)6/h8H,3H2,1-2H3. The molecule has 0 aromatic carbocycles. The van der Waals surface area contributed by atoms with Gasteiger partial charge in [0.1, 0.15) is 6.69 Å². The molecule has 0 spiro atoms. The Labute approximate surface area is 82.0 Å². The Bertz CT molecular complexity index is 83.6. The lowest BCUT2D eigenvalue weighted by Crippen LogP contribution is -2.37. The quantitative estimate of drug-likeness (QED) is 0.616. The van der Waals surface area contributed by atoms with Gasteiger partial charge in [-0.25, -0.2) is 0 Å². The van der Waals surface area contributed by atoms with Gasteiger partial charge in [0.05, 0.1) is 0 Å². The second-order valence-electron chi connectivity index (χ2n) is 2.40. The van der Waals surface area contributed by atoms with Crippen molar-refractivity contribution < 1.29 is 0 Å². The minimum atomic E-state index is -1.08. The molecule has 0 aromatic heterocycles. The predicted octanol–water partition coefficient (Wildman–Crippen LogP) is 2.49. The van der Waals surface area contributed by atoms with E-state index in [1.807, 2.05) is 0 Å². The van der Waals surface area contributed by atoms with Crippen molar-refractivity contribution >= 4 is 58.0 Å². The molecule has 0 saturated heterocycles. The SMILES string of the molecule is C[Si](C)(Br)CNB(Br)Br. The van der Waals surface area contributed by atoms with Crippen LogP contribution in [0, 0.1) is 0 Å².